The van der Waals surface area contributed by atoms with Crippen molar-refractivity contribution >= 4 is 29.0 Å². The molecule has 2 rings (SSSR count). The lowest BCUT2D eigenvalue weighted by atomic mass is 10.3. The van der Waals surface area contributed by atoms with E-state index in [1.165, 1.54) is 19.0 Å². The van der Waals surface area contributed by atoms with Gasteiger partial charge in [0.1, 0.15) is 10.8 Å². The van der Waals surface area contributed by atoms with Crippen molar-refractivity contribution in [2.45, 2.75) is 31.8 Å². The first kappa shape index (κ1) is 12.9. The van der Waals surface area contributed by atoms with Crippen LogP contribution in [0.1, 0.15) is 19.8 Å². The minimum Gasteiger partial charge on any atom is -0.367 e. The molecule has 0 aliphatic heterocycles. The van der Waals surface area contributed by atoms with Gasteiger partial charge in [-0.2, -0.15) is 4.98 Å². The summed E-state index contributed by atoms with van der Waals surface area (Å²) in [5.74, 6) is 0.600. The third-order valence-corrected chi connectivity index (χ3v) is 3.56. The molecule has 1 atom stereocenters. The quantitative estimate of drug-likeness (QED) is 0.839. The number of anilines is 1. The Morgan fingerprint density at radius 3 is 2.88 bits per heavy atom. The second-order valence-electron chi connectivity index (χ2n) is 4.46. The van der Waals surface area contributed by atoms with Crippen LogP contribution in [-0.4, -0.2) is 40.5 Å². The Balaban J connectivity index is 1.90. The van der Waals surface area contributed by atoms with E-state index in [4.69, 9.17) is 23.2 Å². The fraction of sp³-hybridized carbons (Fsp3) is 0.636. The highest BCUT2D eigenvalue weighted by atomic mass is 35.5. The first-order chi connectivity index (χ1) is 8.08. The summed E-state index contributed by atoms with van der Waals surface area (Å²) in [5, 5.41) is 3.91. The number of hydrogen-bond donors (Lipinski definition) is 1. The van der Waals surface area contributed by atoms with Gasteiger partial charge in [-0.3, -0.25) is 4.90 Å². The van der Waals surface area contributed by atoms with Crippen molar-refractivity contribution in [3.8, 4) is 0 Å². The molecule has 6 heteroatoms. The molecule has 4 nitrogen and oxygen atoms in total. The van der Waals surface area contributed by atoms with Gasteiger partial charge < -0.3 is 5.32 Å². The van der Waals surface area contributed by atoms with Crippen LogP contribution in [0.15, 0.2) is 6.20 Å². The van der Waals surface area contributed by atoms with E-state index in [0.717, 1.165) is 12.6 Å². The topological polar surface area (TPSA) is 41.1 Å². The molecule has 1 heterocycles. The Hall–Kier alpha value is -0.580. The van der Waals surface area contributed by atoms with Gasteiger partial charge in [0.15, 0.2) is 0 Å². The second-order valence-corrected chi connectivity index (χ2v) is 5.21. The number of hydrogen-bond acceptors (Lipinski definition) is 4. The summed E-state index contributed by atoms with van der Waals surface area (Å²) in [4.78, 5) is 10.2. The summed E-state index contributed by atoms with van der Waals surface area (Å²) in [6, 6.07) is 1.18. The summed E-state index contributed by atoms with van der Waals surface area (Å²) in [6.07, 6.45) is 4.12. The molecule has 1 fully saturated rings. The maximum Gasteiger partial charge on any atom is 0.224 e. The van der Waals surface area contributed by atoms with Crippen LogP contribution in [0.2, 0.25) is 10.3 Å². The molecular formula is C11H16Cl2N4. The van der Waals surface area contributed by atoms with Crippen molar-refractivity contribution in [3.63, 3.8) is 0 Å². The molecule has 1 unspecified atom stereocenters. The molecule has 0 amide bonds. The maximum absolute atomic E-state index is 5.97. The lowest BCUT2D eigenvalue weighted by Gasteiger charge is -2.24. The maximum atomic E-state index is 5.97. The number of aromatic nitrogens is 2. The fourth-order valence-corrected chi connectivity index (χ4v) is 1.99. The van der Waals surface area contributed by atoms with Gasteiger partial charge in [0, 0.05) is 18.6 Å². The van der Waals surface area contributed by atoms with Gasteiger partial charge >= 0.3 is 0 Å². The first-order valence-corrected chi connectivity index (χ1v) is 6.47. The van der Waals surface area contributed by atoms with Crippen molar-refractivity contribution in [2.24, 2.45) is 0 Å². The van der Waals surface area contributed by atoms with Crippen molar-refractivity contribution < 1.29 is 0 Å². The highest BCUT2D eigenvalue weighted by Gasteiger charge is 2.28. The van der Waals surface area contributed by atoms with Crippen LogP contribution in [0.25, 0.3) is 0 Å². The SMILES string of the molecule is CC(CNc1nc(Cl)ncc1Cl)N(C)C1CC1. The van der Waals surface area contributed by atoms with Crippen molar-refractivity contribution in [2.75, 3.05) is 18.9 Å². The van der Waals surface area contributed by atoms with Gasteiger partial charge in [-0.25, -0.2) is 4.98 Å². The van der Waals surface area contributed by atoms with E-state index in [-0.39, 0.29) is 5.28 Å². The zero-order valence-electron chi connectivity index (χ0n) is 9.95. The van der Waals surface area contributed by atoms with E-state index < -0.39 is 0 Å². The number of halogens is 2. The standard InChI is InChI=1S/C11H16Cl2N4/c1-7(17(2)8-3-4-8)5-14-10-9(12)6-15-11(13)16-10/h6-8H,3-5H2,1-2H3,(H,14,15,16). The van der Waals surface area contributed by atoms with Crippen LogP contribution in [0, 0.1) is 0 Å². The zero-order valence-corrected chi connectivity index (χ0v) is 11.5. The van der Waals surface area contributed by atoms with Gasteiger partial charge in [0.05, 0.1) is 6.20 Å². The van der Waals surface area contributed by atoms with E-state index in [2.05, 4.69) is 34.2 Å². The first-order valence-electron chi connectivity index (χ1n) is 5.71. The summed E-state index contributed by atoms with van der Waals surface area (Å²) in [7, 11) is 2.15. The van der Waals surface area contributed by atoms with Crippen LogP contribution in [0.5, 0.6) is 0 Å². The monoisotopic (exact) mass is 274 g/mol. The Labute approximate surface area is 111 Å². The highest BCUT2D eigenvalue weighted by Crippen LogP contribution is 2.27. The Kier molecular flexibility index (Phi) is 4.07. The lowest BCUT2D eigenvalue weighted by Crippen LogP contribution is -2.36. The number of rotatable bonds is 5. The number of likely N-dealkylation sites (N-methyl/N-ethyl adjacent to an activating group) is 1. The lowest BCUT2D eigenvalue weighted by molar-refractivity contribution is 0.257. The highest BCUT2D eigenvalue weighted by molar-refractivity contribution is 6.33. The van der Waals surface area contributed by atoms with Crippen LogP contribution in [0.4, 0.5) is 5.82 Å². The molecule has 1 aliphatic rings. The third-order valence-electron chi connectivity index (χ3n) is 3.10. The van der Waals surface area contributed by atoms with E-state index in [0.29, 0.717) is 16.9 Å². The number of nitrogens with zero attached hydrogens (tertiary/aromatic N) is 3. The van der Waals surface area contributed by atoms with E-state index in [1.807, 2.05) is 0 Å². The van der Waals surface area contributed by atoms with Gasteiger partial charge in [0.25, 0.3) is 0 Å². The molecule has 1 aromatic heterocycles. The van der Waals surface area contributed by atoms with Gasteiger partial charge in [-0.1, -0.05) is 11.6 Å². The fourth-order valence-electron chi connectivity index (χ4n) is 1.70. The third kappa shape index (κ3) is 3.44. The normalized spacial score (nSPS) is 17.2. The Bertz CT molecular complexity index is 395. The van der Waals surface area contributed by atoms with Crippen molar-refractivity contribution in [1.29, 1.82) is 0 Å². The number of nitrogens with one attached hydrogen (secondary N) is 1. The summed E-state index contributed by atoms with van der Waals surface area (Å²) < 4.78 is 0. The smallest absolute Gasteiger partial charge is 0.224 e. The van der Waals surface area contributed by atoms with Gasteiger partial charge in [0.2, 0.25) is 5.28 Å². The van der Waals surface area contributed by atoms with Crippen LogP contribution >= 0.6 is 23.2 Å². The van der Waals surface area contributed by atoms with Crippen LogP contribution < -0.4 is 5.32 Å². The van der Waals surface area contributed by atoms with E-state index in [1.54, 1.807) is 0 Å². The summed E-state index contributed by atoms with van der Waals surface area (Å²) in [5.41, 5.74) is 0. The van der Waals surface area contributed by atoms with Gasteiger partial charge in [-0.15, -0.1) is 0 Å². The molecule has 0 bridgehead atoms. The second kappa shape index (κ2) is 5.38. The molecule has 1 N–H and O–H groups in total. The molecule has 0 radical (unpaired) electrons. The zero-order chi connectivity index (χ0) is 12.4. The van der Waals surface area contributed by atoms with Crippen molar-refractivity contribution in [3.05, 3.63) is 16.5 Å². The summed E-state index contributed by atoms with van der Waals surface area (Å²) in [6.45, 7) is 2.97. The molecule has 1 aromatic rings. The Morgan fingerprint density at radius 2 is 2.24 bits per heavy atom. The molecule has 94 valence electrons. The van der Waals surface area contributed by atoms with Crippen LogP contribution in [0.3, 0.4) is 0 Å². The minimum absolute atomic E-state index is 0.208. The van der Waals surface area contributed by atoms with Gasteiger partial charge in [-0.05, 0) is 38.4 Å². The molecule has 0 spiro atoms. The van der Waals surface area contributed by atoms with Crippen molar-refractivity contribution in [1.82, 2.24) is 14.9 Å². The predicted molar refractivity (Wildman–Crippen MR) is 70.8 cm³/mol. The molecular weight excluding hydrogens is 259 g/mol. The minimum atomic E-state index is 0.208. The average molecular weight is 275 g/mol. The van der Waals surface area contributed by atoms with Crippen LogP contribution in [-0.2, 0) is 0 Å². The largest absolute Gasteiger partial charge is 0.367 e. The predicted octanol–water partition coefficient (Wildman–Crippen LogP) is 2.68. The molecule has 17 heavy (non-hydrogen) atoms. The molecule has 0 aromatic carbocycles. The van der Waals surface area contributed by atoms with E-state index >= 15 is 0 Å². The molecule has 0 saturated heterocycles. The van der Waals surface area contributed by atoms with E-state index in [9.17, 15) is 0 Å². The Morgan fingerprint density at radius 1 is 1.53 bits per heavy atom. The average Bonchev–Trinajstić information content (AvgIpc) is 3.13. The summed E-state index contributed by atoms with van der Waals surface area (Å²) >= 11 is 11.7. The molecule has 1 aliphatic carbocycles. The molecule has 1 saturated carbocycles.